The summed E-state index contributed by atoms with van der Waals surface area (Å²) in [6, 6.07) is 28.1. The molecule has 0 N–H and O–H groups in total. The SMILES string of the molecule is COc1cc(COc2cccc(-c3ccccc3)c2)c2cc(-c3cn4nc(C)ccc4n3)oc2c1. The Bertz CT molecular complexity index is 1650. The first-order valence-electron chi connectivity index (χ1n) is 11.4. The lowest BCUT2D eigenvalue weighted by atomic mass is 10.1. The van der Waals surface area contributed by atoms with Crippen molar-refractivity contribution in [1.82, 2.24) is 14.6 Å². The van der Waals surface area contributed by atoms with Crippen LogP contribution in [-0.4, -0.2) is 21.7 Å². The fourth-order valence-electron chi connectivity index (χ4n) is 4.20. The summed E-state index contributed by atoms with van der Waals surface area (Å²) < 4.78 is 19.7. The normalized spacial score (nSPS) is 11.3. The van der Waals surface area contributed by atoms with E-state index in [2.05, 4.69) is 34.3 Å². The van der Waals surface area contributed by atoms with Gasteiger partial charge >= 0.3 is 0 Å². The first kappa shape index (κ1) is 21.0. The summed E-state index contributed by atoms with van der Waals surface area (Å²) in [6.45, 7) is 2.32. The van der Waals surface area contributed by atoms with E-state index in [-0.39, 0.29) is 0 Å². The molecule has 0 saturated carbocycles. The second-order valence-electron chi connectivity index (χ2n) is 8.40. The van der Waals surface area contributed by atoms with Gasteiger partial charge in [-0.3, -0.25) is 0 Å². The zero-order valence-electron chi connectivity index (χ0n) is 19.4. The molecule has 0 amide bonds. The van der Waals surface area contributed by atoms with Gasteiger partial charge < -0.3 is 13.9 Å². The van der Waals surface area contributed by atoms with Gasteiger partial charge in [0.1, 0.15) is 29.4 Å². The van der Waals surface area contributed by atoms with Crippen molar-refractivity contribution in [2.75, 3.05) is 7.11 Å². The highest BCUT2D eigenvalue weighted by atomic mass is 16.5. The maximum atomic E-state index is 6.21. The van der Waals surface area contributed by atoms with Crippen molar-refractivity contribution in [2.24, 2.45) is 0 Å². The predicted molar refractivity (Wildman–Crippen MR) is 136 cm³/mol. The monoisotopic (exact) mass is 461 g/mol. The molecule has 0 atom stereocenters. The van der Waals surface area contributed by atoms with Crippen LogP contribution >= 0.6 is 0 Å². The van der Waals surface area contributed by atoms with E-state index in [1.165, 1.54) is 0 Å². The number of imidazole rings is 1. The number of hydrogen-bond acceptors (Lipinski definition) is 5. The van der Waals surface area contributed by atoms with E-state index < -0.39 is 0 Å². The van der Waals surface area contributed by atoms with Crippen molar-refractivity contribution in [3.63, 3.8) is 0 Å². The second-order valence-corrected chi connectivity index (χ2v) is 8.40. The van der Waals surface area contributed by atoms with Crippen molar-refractivity contribution < 1.29 is 13.9 Å². The number of ether oxygens (including phenoxy) is 2. The number of benzene rings is 3. The van der Waals surface area contributed by atoms with Crippen molar-refractivity contribution in [3.8, 4) is 34.1 Å². The molecule has 6 heteroatoms. The molecule has 0 aliphatic carbocycles. The van der Waals surface area contributed by atoms with Crippen LogP contribution in [0.1, 0.15) is 11.3 Å². The molecule has 3 aromatic carbocycles. The summed E-state index contributed by atoms with van der Waals surface area (Å²) in [4.78, 5) is 4.67. The number of aromatic nitrogens is 3. The van der Waals surface area contributed by atoms with Crippen LogP contribution < -0.4 is 9.47 Å². The maximum absolute atomic E-state index is 6.21. The average Bonchev–Trinajstić information content (AvgIpc) is 3.52. The highest BCUT2D eigenvalue weighted by molar-refractivity contribution is 5.87. The number of nitrogens with zero attached hydrogens (tertiary/aromatic N) is 3. The van der Waals surface area contributed by atoms with E-state index in [1.54, 1.807) is 11.6 Å². The third-order valence-electron chi connectivity index (χ3n) is 5.97. The number of fused-ring (bicyclic) bond motifs is 2. The minimum absolute atomic E-state index is 0.372. The first-order valence-corrected chi connectivity index (χ1v) is 11.4. The van der Waals surface area contributed by atoms with Gasteiger partial charge in [0.05, 0.1) is 19.0 Å². The number of rotatable bonds is 6. The highest BCUT2D eigenvalue weighted by Gasteiger charge is 2.15. The molecule has 3 heterocycles. The van der Waals surface area contributed by atoms with E-state index in [1.807, 2.05) is 73.8 Å². The van der Waals surface area contributed by atoms with Crippen molar-refractivity contribution in [3.05, 3.63) is 102 Å². The number of methoxy groups -OCH3 is 1. The van der Waals surface area contributed by atoms with Crippen molar-refractivity contribution >= 4 is 16.6 Å². The maximum Gasteiger partial charge on any atom is 0.155 e. The second kappa shape index (κ2) is 8.65. The lowest BCUT2D eigenvalue weighted by Crippen LogP contribution is -1.97. The summed E-state index contributed by atoms with van der Waals surface area (Å²) in [5.41, 5.74) is 6.37. The van der Waals surface area contributed by atoms with Gasteiger partial charge in [-0.05, 0) is 54.4 Å². The Balaban J connectivity index is 1.33. The van der Waals surface area contributed by atoms with Crippen molar-refractivity contribution in [1.29, 1.82) is 0 Å². The van der Waals surface area contributed by atoms with Crippen LogP contribution in [0.15, 0.2) is 95.5 Å². The zero-order valence-corrected chi connectivity index (χ0v) is 19.4. The Morgan fingerprint density at radius 1 is 0.857 bits per heavy atom. The molecule has 0 aliphatic rings. The molecule has 0 saturated heterocycles. The standard InChI is InChI=1S/C29H23N3O3/c1-19-11-12-29-30-26(17-32(29)31-19)28-16-25-22(14-24(33-2)15-27(25)35-28)18-34-23-10-6-9-21(13-23)20-7-4-3-5-8-20/h3-17H,18H2,1-2H3. The molecule has 0 fully saturated rings. The van der Waals surface area contributed by atoms with E-state index in [4.69, 9.17) is 13.9 Å². The molecule has 3 aromatic heterocycles. The predicted octanol–water partition coefficient (Wildman–Crippen LogP) is 6.71. The largest absolute Gasteiger partial charge is 0.497 e. The molecule has 0 radical (unpaired) electrons. The van der Waals surface area contributed by atoms with Gasteiger partial charge in [0, 0.05) is 17.0 Å². The quantitative estimate of drug-likeness (QED) is 0.276. The summed E-state index contributed by atoms with van der Waals surface area (Å²) >= 11 is 0. The van der Waals surface area contributed by atoms with Crippen LogP contribution in [0.2, 0.25) is 0 Å². The molecule has 0 spiro atoms. The average molecular weight is 462 g/mol. The number of furan rings is 1. The summed E-state index contributed by atoms with van der Waals surface area (Å²) in [5.74, 6) is 2.18. The molecule has 0 unspecified atom stereocenters. The van der Waals surface area contributed by atoms with E-state index in [0.717, 1.165) is 50.4 Å². The molecule has 172 valence electrons. The minimum atomic E-state index is 0.372. The van der Waals surface area contributed by atoms with Gasteiger partial charge in [0.25, 0.3) is 0 Å². The van der Waals surface area contributed by atoms with Gasteiger partial charge in [-0.2, -0.15) is 5.10 Å². The summed E-state index contributed by atoms with van der Waals surface area (Å²) in [5, 5.41) is 5.44. The lowest BCUT2D eigenvalue weighted by Gasteiger charge is -2.10. The van der Waals surface area contributed by atoms with Crippen LogP contribution in [0.4, 0.5) is 0 Å². The Morgan fingerprint density at radius 3 is 2.57 bits per heavy atom. The zero-order chi connectivity index (χ0) is 23.8. The Kier molecular flexibility index (Phi) is 5.19. The van der Waals surface area contributed by atoms with Gasteiger partial charge in [-0.15, -0.1) is 0 Å². The topological polar surface area (TPSA) is 61.8 Å². The van der Waals surface area contributed by atoms with Gasteiger partial charge in [-0.25, -0.2) is 9.50 Å². The van der Waals surface area contributed by atoms with Gasteiger partial charge in [0.2, 0.25) is 0 Å². The lowest BCUT2D eigenvalue weighted by molar-refractivity contribution is 0.307. The third-order valence-corrected chi connectivity index (χ3v) is 5.97. The smallest absolute Gasteiger partial charge is 0.155 e. The Labute approximate surface area is 202 Å². The van der Waals surface area contributed by atoms with Crippen LogP contribution in [0.5, 0.6) is 11.5 Å². The first-order chi connectivity index (χ1) is 17.2. The molecule has 35 heavy (non-hydrogen) atoms. The molecule has 6 aromatic rings. The minimum Gasteiger partial charge on any atom is -0.497 e. The van der Waals surface area contributed by atoms with E-state index >= 15 is 0 Å². The molecule has 0 bridgehead atoms. The molecule has 0 aliphatic heterocycles. The van der Waals surface area contributed by atoms with E-state index in [0.29, 0.717) is 18.1 Å². The molecular weight excluding hydrogens is 438 g/mol. The fraction of sp³-hybridized carbons (Fsp3) is 0.103. The Hall–Kier alpha value is -4.58. The molecule has 6 rings (SSSR count). The van der Waals surface area contributed by atoms with Gasteiger partial charge in [-0.1, -0.05) is 42.5 Å². The third kappa shape index (κ3) is 4.10. The fourth-order valence-corrected chi connectivity index (χ4v) is 4.20. The summed E-state index contributed by atoms with van der Waals surface area (Å²) in [6.07, 6.45) is 1.88. The molecular formula is C29H23N3O3. The highest BCUT2D eigenvalue weighted by Crippen LogP contribution is 2.34. The summed E-state index contributed by atoms with van der Waals surface area (Å²) in [7, 11) is 1.65. The van der Waals surface area contributed by atoms with Crippen LogP contribution in [0.3, 0.4) is 0 Å². The number of hydrogen-bond donors (Lipinski definition) is 0. The van der Waals surface area contributed by atoms with Crippen LogP contribution in [-0.2, 0) is 6.61 Å². The van der Waals surface area contributed by atoms with Crippen LogP contribution in [0, 0.1) is 6.92 Å². The van der Waals surface area contributed by atoms with Crippen molar-refractivity contribution in [2.45, 2.75) is 13.5 Å². The van der Waals surface area contributed by atoms with Crippen LogP contribution in [0.25, 0.3) is 39.2 Å². The Morgan fingerprint density at radius 2 is 1.71 bits per heavy atom. The van der Waals surface area contributed by atoms with E-state index in [9.17, 15) is 0 Å². The number of aryl methyl sites for hydroxylation is 1. The molecule has 6 nitrogen and oxygen atoms in total. The van der Waals surface area contributed by atoms with Gasteiger partial charge in [0.15, 0.2) is 11.4 Å².